The molecule has 110 valence electrons. The largest absolute Gasteiger partial charge is 0.478 e. The molecule has 1 atom stereocenters. The zero-order valence-corrected chi connectivity index (χ0v) is 12.3. The van der Waals surface area contributed by atoms with Crippen LogP contribution in [0.1, 0.15) is 10.4 Å². The molecule has 1 rings (SSSR count). The van der Waals surface area contributed by atoms with Crippen molar-refractivity contribution >= 4 is 37.8 Å². The molecule has 0 aliphatic rings. The van der Waals surface area contributed by atoms with Crippen LogP contribution in [-0.4, -0.2) is 43.2 Å². The van der Waals surface area contributed by atoms with Gasteiger partial charge in [0.1, 0.15) is 6.10 Å². The normalized spacial score (nSPS) is 12.9. The third kappa shape index (κ3) is 4.00. The Balaban J connectivity index is 3.06. The highest BCUT2D eigenvalue weighted by Crippen LogP contribution is 2.23. The quantitative estimate of drug-likeness (QED) is 0.521. The number of aliphatic hydroxyl groups is 1. The Hall–Kier alpha value is -1.49. The number of hydrogen-bond donors (Lipinski definition) is 4. The van der Waals surface area contributed by atoms with Crippen LogP contribution in [0.5, 0.6) is 0 Å². The zero-order valence-electron chi connectivity index (χ0n) is 9.91. The van der Waals surface area contributed by atoms with E-state index in [1.54, 1.807) is 0 Å². The standard InChI is InChI=1S/C10H11BrN2O6S/c11-6-2-1-5(10(16)17)3-8(6)20(18,19)13-4-7(14)9(12)15/h1-3,7,13-14H,4H2,(H2,12,15)(H,16,17). The summed E-state index contributed by atoms with van der Waals surface area (Å²) in [6, 6.07) is 3.44. The van der Waals surface area contributed by atoms with E-state index in [4.69, 9.17) is 15.9 Å². The zero-order chi connectivity index (χ0) is 15.5. The molecule has 1 amide bonds. The molecule has 5 N–H and O–H groups in total. The smallest absolute Gasteiger partial charge is 0.335 e. The Kier molecular flexibility index (Phi) is 5.22. The Morgan fingerprint density at radius 1 is 1.40 bits per heavy atom. The van der Waals surface area contributed by atoms with Crippen LogP contribution in [0.3, 0.4) is 0 Å². The van der Waals surface area contributed by atoms with E-state index in [-0.39, 0.29) is 14.9 Å². The molecule has 0 aromatic heterocycles. The van der Waals surface area contributed by atoms with Crippen molar-refractivity contribution in [1.82, 2.24) is 4.72 Å². The summed E-state index contributed by atoms with van der Waals surface area (Å²) >= 11 is 2.99. The van der Waals surface area contributed by atoms with Crippen LogP contribution in [0.25, 0.3) is 0 Å². The summed E-state index contributed by atoms with van der Waals surface area (Å²) in [5.74, 6) is -2.36. The van der Waals surface area contributed by atoms with Crippen LogP contribution in [0.4, 0.5) is 0 Å². The van der Waals surface area contributed by atoms with Gasteiger partial charge in [-0.15, -0.1) is 0 Å². The van der Waals surface area contributed by atoms with Gasteiger partial charge in [0.05, 0.1) is 10.5 Å². The molecule has 0 bridgehead atoms. The van der Waals surface area contributed by atoms with Crippen molar-refractivity contribution in [3.63, 3.8) is 0 Å². The number of nitrogens with two attached hydrogens (primary N) is 1. The summed E-state index contributed by atoms with van der Waals surface area (Å²) in [5, 5.41) is 18.0. The number of rotatable bonds is 6. The van der Waals surface area contributed by atoms with E-state index in [1.165, 1.54) is 12.1 Å². The average Bonchev–Trinajstić information content (AvgIpc) is 2.35. The van der Waals surface area contributed by atoms with Gasteiger partial charge in [-0.1, -0.05) is 0 Å². The highest BCUT2D eigenvalue weighted by atomic mass is 79.9. The molecule has 0 aliphatic heterocycles. The minimum atomic E-state index is -4.10. The lowest BCUT2D eigenvalue weighted by atomic mass is 10.2. The van der Waals surface area contributed by atoms with E-state index in [0.717, 1.165) is 6.07 Å². The summed E-state index contributed by atoms with van der Waals surface area (Å²) in [6.45, 7) is -0.610. The van der Waals surface area contributed by atoms with Gasteiger partial charge in [0, 0.05) is 11.0 Å². The highest BCUT2D eigenvalue weighted by Gasteiger charge is 2.22. The molecule has 0 saturated heterocycles. The first-order valence-electron chi connectivity index (χ1n) is 5.15. The maximum absolute atomic E-state index is 12.0. The van der Waals surface area contributed by atoms with Gasteiger partial charge in [-0.3, -0.25) is 4.79 Å². The molecule has 0 aliphatic carbocycles. The van der Waals surface area contributed by atoms with Crippen LogP contribution in [0, 0.1) is 0 Å². The van der Waals surface area contributed by atoms with Gasteiger partial charge in [-0.05, 0) is 34.1 Å². The van der Waals surface area contributed by atoms with E-state index < -0.39 is 34.5 Å². The molecule has 20 heavy (non-hydrogen) atoms. The van der Waals surface area contributed by atoms with Crippen LogP contribution in [0.2, 0.25) is 0 Å². The molecule has 1 unspecified atom stereocenters. The maximum atomic E-state index is 12.0. The van der Waals surface area contributed by atoms with Gasteiger partial charge in [-0.25, -0.2) is 17.9 Å². The monoisotopic (exact) mass is 366 g/mol. The van der Waals surface area contributed by atoms with Crippen molar-refractivity contribution in [2.24, 2.45) is 5.73 Å². The van der Waals surface area contributed by atoms with E-state index in [0.29, 0.717) is 0 Å². The summed E-state index contributed by atoms with van der Waals surface area (Å²) in [6.07, 6.45) is -1.67. The molecule has 10 heteroatoms. The number of carbonyl (C=O) groups is 2. The maximum Gasteiger partial charge on any atom is 0.335 e. The molecule has 0 radical (unpaired) electrons. The van der Waals surface area contributed by atoms with Crippen molar-refractivity contribution in [2.45, 2.75) is 11.0 Å². The number of carbonyl (C=O) groups excluding carboxylic acids is 1. The lowest BCUT2D eigenvalue weighted by molar-refractivity contribution is -0.125. The lowest BCUT2D eigenvalue weighted by Gasteiger charge is -2.11. The number of carboxylic acid groups (broad SMARTS) is 1. The molecule has 0 fully saturated rings. The van der Waals surface area contributed by atoms with E-state index in [2.05, 4.69) is 15.9 Å². The molecular formula is C10H11BrN2O6S. The van der Waals surface area contributed by atoms with Crippen molar-refractivity contribution in [3.8, 4) is 0 Å². The number of nitrogens with one attached hydrogen (secondary N) is 1. The van der Waals surface area contributed by atoms with Crippen LogP contribution < -0.4 is 10.5 Å². The average molecular weight is 367 g/mol. The third-order valence-electron chi connectivity index (χ3n) is 2.26. The summed E-state index contributed by atoms with van der Waals surface area (Å²) < 4.78 is 26.0. The van der Waals surface area contributed by atoms with E-state index in [1.807, 2.05) is 4.72 Å². The molecule has 1 aromatic carbocycles. The number of amides is 1. The van der Waals surface area contributed by atoms with Crippen molar-refractivity contribution < 1.29 is 28.2 Å². The summed E-state index contributed by atoms with van der Waals surface area (Å²) in [7, 11) is -4.10. The number of halogens is 1. The van der Waals surface area contributed by atoms with E-state index in [9.17, 15) is 18.0 Å². The molecule has 1 aromatic rings. The first-order valence-corrected chi connectivity index (χ1v) is 7.42. The summed E-state index contributed by atoms with van der Waals surface area (Å²) in [4.78, 5) is 21.1. The molecular weight excluding hydrogens is 356 g/mol. The van der Waals surface area contributed by atoms with Crippen molar-refractivity contribution in [2.75, 3.05) is 6.54 Å². The number of aromatic carboxylic acids is 1. The number of benzene rings is 1. The minimum absolute atomic E-state index is 0.142. The Morgan fingerprint density at radius 2 is 2.00 bits per heavy atom. The van der Waals surface area contributed by atoms with E-state index >= 15 is 0 Å². The molecule has 0 heterocycles. The number of aliphatic hydroxyl groups excluding tert-OH is 1. The first kappa shape index (κ1) is 16.6. The van der Waals surface area contributed by atoms with Gasteiger partial charge in [0.2, 0.25) is 15.9 Å². The minimum Gasteiger partial charge on any atom is -0.478 e. The second-order valence-electron chi connectivity index (χ2n) is 3.72. The predicted molar refractivity (Wildman–Crippen MR) is 71.5 cm³/mol. The Morgan fingerprint density at radius 3 is 2.50 bits per heavy atom. The number of carboxylic acids is 1. The van der Waals surface area contributed by atoms with Gasteiger partial charge in [-0.2, -0.15) is 0 Å². The second kappa shape index (κ2) is 6.31. The molecule has 8 nitrogen and oxygen atoms in total. The van der Waals surface area contributed by atoms with Gasteiger partial charge < -0.3 is 15.9 Å². The number of sulfonamides is 1. The van der Waals surface area contributed by atoms with Gasteiger partial charge in [0.25, 0.3) is 0 Å². The van der Waals surface area contributed by atoms with Crippen LogP contribution >= 0.6 is 15.9 Å². The Labute approximate surface area is 122 Å². The fourth-order valence-corrected chi connectivity index (χ4v) is 3.23. The van der Waals surface area contributed by atoms with Crippen LogP contribution in [0.15, 0.2) is 27.6 Å². The number of hydrogen-bond acceptors (Lipinski definition) is 5. The summed E-state index contributed by atoms with van der Waals surface area (Å²) in [5.41, 5.74) is 4.57. The lowest BCUT2D eigenvalue weighted by Crippen LogP contribution is -2.40. The topological polar surface area (TPSA) is 147 Å². The SMILES string of the molecule is NC(=O)C(O)CNS(=O)(=O)c1cc(C(=O)O)ccc1Br. The van der Waals surface area contributed by atoms with Crippen molar-refractivity contribution in [1.29, 1.82) is 0 Å². The molecule has 0 saturated carbocycles. The first-order chi connectivity index (χ1) is 9.15. The second-order valence-corrected chi connectivity index (χ2v) is 6.31. The Bertz CT molecular complexity index is 645. The number of primary amides is 1. The third-order valence-corrected chi connectivity index (χ3v) is 4.68. The van der Waals surface area contributed by atoms with Gasteiger partial charge in [0.15, 0.2) is 0 Å². The van der Waals surface area contributed by atoms with Gasteiger partial charge >= 0.3 is 5.97 Å². The fourth-order valence-electron chi connectivity index (χ4n) is 1.21. The fraction of sp³-hybridized carbons (Fsp3) is 0.200. The predicted octanol–water partition coefficient (Wildman–Crippen LogP) is -0.728. The highest BCUT2D eigenvalue weighted by molar-refractivity contribution is 9.10. The molecule has 0 spiro atoms. The van der Waals surface area contributed by atoms with Crippen molar-refractivity contribution in [3.05, 3.63) is 28.2 Å². The van der Waals surface area contributed by atoms with Crippen LogP contribution in [-0.2, 0) is 14.8 Å².